The Balaban J connectivity index is 1.60. The molecule has 2 heterocycles. The molecule has 3 aromatic rings. The van der Waals surface area contributed by atoms with Crippen LogP contribution in [0.3, 0.4) is 0 Å². The van der Waals surface area contributed by atoms with Gasteiger partial charge in [-0.25, -0.2) is 9.36 Å². The standard InChI is InChI=1S/C18H20N6O2/c1-13-11-16(19)24(21-13)12-17(25)20-9-10-23-18(26)8-7-15(22-23)14-5-3-2-4-6-14/h2-8,11H,9-10,12,19H2,1H3,(H,20,25). The number of amides is 1. The number of nitrogens with two attached hydrogens (primary N) is 1. The maximum Gasteiger partial charge on any atom is 0.266 e. The fourth-order valence-electron chi connectivity index (χ4n) is 2.56. The topological polar surface area (TPSA) is 108 Å². The van der Waals surface area contributed by atoms with E-state index in [1.54, 1.807) is 12.1 Å². The molecule has 1 aromatic carbocycles. The molecule has 0 unspecified atom stereocenters. The average molecular weight is 352 g/mol. The van der Waals surface area contributed by atoms with Crippen molar-refractivity contribution in [3.05, 3.63) is 64.6 Å². The number of hydrogen-bond acceptors (Lipinski definition) is 5. The lowest BCUT2D eigenvalue weighted by Gasteiger charge is -2.09. The third-order valence-corrected chi connectivity index (χ3v) is 3.81. The molecule has 0 aliphatic rings. The van der Waals surface area contributed by atoms with Crippen LogP contribution in [0.15, 0.2) is 53.3 Å². The van der Waals surface area contributed by atoms with Crippen LogP contribution in [0.2, 0.25) is 0 Å². The predicted octanol–water partition coefficient (Wildman–Crippen LogP) is 0.814. The number of carbonyl (C=O) groups is 1. The molecule has 26 heavy (non-hydrogen) atoms. The third kappa shape index (κ3) is 4.15. The van der Waals surface area contributed by atoms with Crippen LogP contribution in [0.25, 0.3) is 11.3 Å². The molecule has 0 saturated carbocycles. The van der Waals surface area contributed by atoms with Crippen LogP contribution in [0.1, 0.15) is 5.69 Å². The number of hydrogen-bond donors (Lipinski definition) is 2. The van der Waals surface area contributed by atoms with Crippen molar-refractivity contribution in [2.45, 2.75) is 20.0 Å². The normalized spacial score (nSPS) is 10.7. The molecule has 0 atom stereocenters. The first-order chi connectivity index (χ1) is 12.5. The Morgan fingerprint density at radius 2 is 1.88 bits per heavy atom. The van der Waals surface area contributed by atoms with E-state index in [4.69, 9.17) is 5.73 Å². The molecule has 8 heteroatoms. The zero-order valence-corrected chi connectivity index (χ0v) is 14.4. The monoisotopic (exact) mass is 352 g/mol. The highest BCUT2D eigenvalue weighted by molar-refractivity contribution is 5.76. The van der Waals surface area contributed by atoms with Gasteiger partial charge in [0.1, 0.15) is 12.4 Å². The van der Waals surface area contributed by atoms with Crippen molar-refractivity contribution in [3.63, 3.8) is 0 Å². The number of benzene rings is 1. The van der Waals surface area contributed by atoms with E-state index in [9.17, 15) is 9.59 Å². The lowest BCUT2D eigenvalue weighted by molar-refractivity contribution is -0.121. The number of anilines is 1. The maximum absolute atomic E-state index is 12.0. The van der Waals surface area contributed by atoms with Gasteiger partial charge in [-0.1, -0.05) is 30.3 Å². The van der Waals surface area contributed by atoms with Crippen LogP contribution >= 0.6 is 0 Å². The molecule has 8 nitrogen and oxygen atoms in total. The summed E-state index contributed by atoms with van der Waals surface area (Å²) in [6.45, 7) is 2.40. The number of nitrogens with one attached hydrogen (secondary N) is 1. The fraction of sp³-hybridized carbons (Fsp3) is 0.222. The van der Waals surface area contributed by atoms with Gasteiger partial charge >= 0.3 is 0 Å². The Bertz CT molecular complexity index is 961. The Hall–Kier alpha value is -3.42. The summed E-state index contributed by atoms with van der Waals surface area (Å²) < 4.78 is 2.78. The quantitative estimate of drug-likeness (QED) is 0.683. The summed E-state index contributed by atoms with van der Waals surface area (Å²) in [6, 6.07) is 14.5. The molecule has 0 aliphatic heterocycles. The van der Waals surface area contributed by atoms with Crippen molar-refractivity contribution in [1.29, 1.82) is 0 Å². The molecular formula is C18H20N6O2. The SMILES string of the molecule is Cc1cc(N)n(CC(=O)NCCn2nc(-c3ccccc3)ccc2=O)n1. The summed E-state index contributed by atoms with van der Waals surface area (Å²) in [4.78, 5) is 24.0. The summed E-state index contributed by atoms with van der Waals surface area (Å²) in [7, 11) is 0. The molecule has 0 spiro atoms. The van der Waals surface area contributed by atoms with Gasteiger partial charge in [0.15, 0.2) is 0 Å². The molecule has 0 saturated heterocycles. The second kappa shape index (κ2) is 7.64. The molecular weight excluding hydrogens is 332 g/mol. The average Bonchev–Trinajstić information content (AvgIpc) is 2.94. The van der Waals surface area contributed by atoms with Gasteiger partial charge in [0, 0.05) is 24.2 Å². The Kier molecular flexibility index (Phi) is 5.12. The third-order valence-electron chi connectivity index (χ3n) is 3.81. The van der Waals surface area contributed by atoms with E-state index in [0.717, 1.165) is 11.3 Å². The predicted molar refractivity (Wildman–Crippen MR) is 98.3 cm³/mol. The van der Waals surface area contributed by atoms with E-state index in [-0.39, 0.29) is 31.1 Å². The van der Waals surface area contributed by atoms with Gasteiger partial charge in [0.25, 0.3) is 5.56 Å². The first-order valence-electron chi connectivity index (χ1n) is 8.23. The van der Waals surface area contributed by atoms with Crippen molar-refractivity contribution in [2.75, 3.05) is 12.3 Å². The largest absolute Gasteiger partial charge is 0.384 e. The van der Waals surface area contributed by atoms with Gasteiger partial charge in [-0.3, -0.25) is 9.59 Å². The summed E-state index contributed by atoms with van der Waals surface area (Å²) in [5.74, 6) is 0.207. The van der Waals surface area contributed by atoms with E-state index >= 15 is 0 Å². The zero-order valence-electron chi connectivity index (χ0n) is 14.4. The van der Waals surface area contributed by atoms with Crippen molar-refractivity contribution in [3.8, 4) is 11.3 Å². The molecule has 3 rings (SSSR count). The molecule has 0 aliphatic carbocycles. The van der Waals surface area contributed by atoms with E-state index in [1.807, 2.05) is 37.3 Å². The van der Waals surface area contributed by atoms with Gasteiger partial charge in [-0.05, 0) is 13.0 Å². The number of nitrogens with zero attached hydrogens (tertiary/aromatic N) is 4. The van der Waals surface area contributed by atoms with E-state index in [0.29, 0.717) is 11.5 Å². The number of carbonyl (C=O) groups excluding carboxylic acids is 1. The van der Waals surface area contributed by atoms with Crippen LogP contribution in [-0.4, -0.2) is 32.0 Å². The first-order valence-corrected chi connectivity index (χ1v) is 8.23. The lowest BCUT2D eigenvalue weighted by atomic mass is 10.1. The molecule has 1 amide bonds. The van der Waals surface area contributed by atoms with Gasteiger partial charge in [-0.15, -0.1) is 0 Å². The first kappa shape index (κ1) is 17.4. The minimum atomic E-state index is -0.230. The highest BCUT2D eigenvalue weighted by Gasteiger charge is 2.08. The summed E-state index contributed by atoms with van der Waals surface area (Å²) in [6.07, 6.45) is 0. The number of aryl methyl sites for hydroxylation is 1. The van der Waals surface area contributed by atoms with Crippen LogP contribution in [0.4, 0.5) is 5.82 Å². The Labute approximate surface area is 150 Å². The van der Waals surface area contributed by atoms with Crippen molar-refractivity contribution >= 4 is 11.7 Å². The second-order valence-corrected chi connectivity index (χ2v) is 5.86. The van der Waals surface area contributed by atoms with Crippen LogP contribution < -0.4 is 16.6 Å². The number of rotatable bonds is 6. The highest BCUT2D eigenvalue weighted by Crippen LogP contribution is 2.13. The summed E-state index contributed by atoms with van der Waals surface area (Å²) in [5, 5.41) is 11.2. The second-order valence-electron chi connectivity index (χ2n) is 5.86. The molecule has 134 valence electrons. The molecule has 2 aromatic heterocycles. The van der Waals surface area contributed by atoms with Crippen LogP contribution in [0.5, 0.6) is 0 Å². The molecule has 3 N–H and O–H groups in total. The van der Waals surface area contributed by atoms with Crippen LogP contribution in [-0.2, 0) is 17.9 Å². The zero-order chi connectivity index (χ0) is 18.5. The lowest BCUT2D eigenvalue weighted by Crippen LogP contribution is -2.34. The minimum absolute atomic E-state index is 0.0338. The van der Waals surface area contributed by atoms with Crippen molar-refractivity contribution in [1.82, 2.24) is 24.9 Å². The highest BCUT2D eigenvalue weighted by atomic mass is 16.2. The smallest absolute Gasteiger partial charge is 0.266 e. The van der Waals surface area contributed by atoms with Crippen molar-refractivity contribution in [2.24, 2.45) is 0 Å². The number of aromatic nitrogens is 4. The van der Waals surface area contributed by atoms with E-state index < -0.39 is 0 Å². The molecule has 0 radical (unpaired) electrons. The summed E-state index contributed by atoms with van der Waals surface area (Å²) >= 11 is 0. The number of nitrogen functional groups attached to an aromatic ring is 1. The van der Waals surface area contributed by atoms with Gasteiger partial charge in [-0.2, -0.15) is 10.2 Å². The van der Waals surface area contributed by atoms with Crippen molar-refractivity contribution < 1.29 is 4.79 Å². The fourth-order valence-corrected chi connectivity index (χ4v) is 2.56. The Morgan fingerprint density at radius 1 is 1.12 bits per heavy atom. The Morgan fingerprint density at radius 3 is 2.58 bits per heavy atom. The molecule has 0 bridgehead atoms. The van der Waals surface area contributed by atoms with Gasteiger partial charge in [0.2, 0.25) is 5.91 Å². The van der Waals surface area contributed by atoms with Gasteiger partial charge in [0.05, 0.1) is 17.9 Å². The van der Waals surface area contributed by atoms with E-state index in [1.165, 1.54) is 15.4 Å². The van der Waals surface area contributed by atoms with Gasteiger partial charge < -0.3 is 11.1 Å². The van der Waals surface area contributed by atoms with E-state index in [2.05, 4.69) is 15.5 Å². The minimum Gasteiger partial charge on any atom is -0.384 e. The molecule has 0 fully saturated rings. The van der Waals surface area contributed by atoms with Crippen LogP contribution in [0, 0.1) is 6.92 Å². The maximum atomic E-state index is 12.0. The summed E-state index contributed by atoms with van der Waals surface area (Å²) in [5.41, 5.74) is 7.93.